The maximum atomic E-state index is 12.0. The molecule has 0 aliphatic carbocycles. The maximum absolute atomic E-state index is 12.0. The summed E-state index contributed by atoms with van der Waals surface area (Å²) in [5.41, 5.74) is 0. The van der Waals surface area contributed by atoms with Gasteiger partial charge in [0, 0.05) is 0 Å². The monoisotopic (exact) mass is 248 g/mol. The molecule has 1 aromatic heterocycles. The Morgan fingerprint density at radius 3 is 2.57 bits per heavy atom. The lowest BCUT2D eigenvalue weighted by molar-refractivity contribution is 0.118. The molecule has 1 rings (SSSR count). The van der Waals surface area contributed by atoms with Crippen molar-refractivity contribution >= 4 is 23.4 Å². The molecule has 0 amide bonds. The summed E-state index contributed by atoms with van der Waals surface area (Å²) < 4.78 is 48.6. The summed E-state index contributed by atoms with van der Waals surface area (Å²) in [6, 6.07) is 0. The number of rotatable bonds is 4. The Kier molecular flexibility index (Phi) is 4.06. The van der Waals surface area contributed by atoms with Crippen LogP contribution in [-0.4, -0.2) is 22.0 Å². The molecule has 0 aliphatic heterocycles. The summed E-state index contributed by atoms with van der Waals surface area (Å²) in [5, 5.41) is 3.28. The zero-order chi connectivity index (χ0) is 10.7. The Labute approximate surface area is 86.2 Å². The van der Waals surface area contributed by atoms with Gasteiger partial charge in [-0.25, -0.2) is 8.78 Å². The number of alkyl halides is 4. The molecule has 0 aromatic carbocycles. The van der Waals surface area contributed by atoms with Crippen molar-refractivity contribution in [3.63, 3.8) is 0 Å². The van der Waals surface area contributed by atoms with Crippen molar-refractivity contribution in [3.05, 3.63) is 11.2 Å². The Hall–Kier alpha value is -0.430. The molecular formula is C6H5ClF4N2S. The highest BCUT2D eigenvalue weighted by molar-refractivity contribution is 7.99. The first-order valence-electron chi connectivity index (χ1n) is 3.45. The van der Waals surface area contributed by atoms with Crippen molar-refractivity contribution in [2.75, 3.05) is 0 Å². The van der Waals surface area contributed by atoms with Crippen LogP contribution in [0.3, 0.4) is 0 Å². The van der Waals surface area contributed by atoms with Gasteiger partial charge >= 0.3 is 0 Å². The first-order valence-corrected chi connectivity index (χ1v) is 4.70. The summed E-state index contributed by atoms with van der Waals surface area (Å²) in [4.78, 5) is 0. The average molecular weight is 249 g/mol. The van der Waals surface area contributed by atoms with E-state index < -0.39 is 18.7 Å². The molecule has 0 unspecified atom stereocenters. The fourth-order valence-electron chi connectivity index (χ4n) is 0.814. The molecule has 0 atom stereocenters. The van der Waals surface area contributed by atoms with Crippen LogP contribution in [-0.2, 0) is 6.54 Å². The van der Waals surface area contributed by atoms with Crippen LogP contribution in [0.4, 0.5) is 17.6 Å². The maximum Gasteiger partial charge on any atom is 0.290 e. The lowest BCUT2D eigenvalue weighted by Crippen LogP contribution is -2.09. The zero-order valence-electron chi connectivity index (χ0n) is 6.63. The Morgan fingerprint density at radius 2 is 2.07 bits per heavy atom. The fraction of sp³-hybridized carbons (Fsp3) is 0.500. The van der Waals surface area contributed by atoms with Gasteiger partial charge in [0.05, 0.1) is 11.2 Å². The van der Waals surface area contributed by atoms with Crippen molar-refractivity contribution in [1.82, 2.24) is 9.78 Å². The van der Waals surface area contributed by atoms with Crippen molar-refractivity contribution in [2.45, 2.75) is 23.8 Å². The number of thioether (sulfide) groups is 1. The Morgan fingerprint density at radius 1 is 1.43 bits per heavy atom. The van der Waals surface area contributed by atoms with Crippen LogP contribution in [0.5, 0.6) is 0 Å². The van der Waals surface area contributed by atoms with Gasteiger partial charge in [-0.15, -0.1) is 0 Å². The van der Waals surface area contributed by atoms with E-state index in [4.69, 9.17) is 11.6 Å². The van der Waals surface area contributed by atoms with Gasteiger partial charge in [-0.1, -0.05) is 11.6 Å². The Bertz CT molecular complexity index is 304. The second-order valence-corrected chi connectivity index (χ2v) is 3.64. The first kappa shape index (κ1) is 11.6. The number of nitrogens with zero attached hydrogens (tertiary/aromatic N) is 2. The molecular weight excluding hydrogens is 244 g/mol. The molecule has 1 aromatic rings. The summed E-state index contributed by atoms with van der Waals surface area (Å²) in [5.74, 6) is -2.71. The minimum Gasteiger partial charge on any atom is -0.252 e. The lowest BCUT2D eigenvalue weighted by Gasteiger charge is -2.05. The van der Waals surface area contributed by atoms with Crippen LogP contribution in [0.2, 0.25) is 5.02 Å². The molecule has 0 N–H and O–H groups in total. The van der Waals surface area contributed by atoms with E-state index >= 15 is 0 Å². The third-order valence-electron chi connectivity index (χ3n) is 1.26. The summed E-state index contributed by atoms with van der Waals surface area (Å²) in [6.45, 7) is -0.734. The predicted octanol–water partition coefficient (Wildman–Crippen LogP) is 3.12. The van der Waals surface area contributed by atoms with Gasteiger partial charge < -0.3 is 0 Å². The zero-order valence-corrected chi connectivity index (χ0v) is 8.20. The molecule has 8 heteroatoms. The predicted molar refractivity (Wildman–Crippen MR) is 45.1 cm³/mol. The number of halogens is 5. The minimum atomic E-state index is -2.71. The molecule has 0 aliphatic rings. The largest absolute Gasteiger partial charge is 0.290 e. The molecule has 0 bridgehead atoms. The van der Waals surface area contributed by atoms with E-state index in [9.17, 15) is 17.6 Å². The van der Waals surface area contributed by atoms with E-state index in [1.165, 1.54) is 0 Å². The summed E-state index contributed by atoms with van der Waals surface area (Å²) in [7, 11) is 0. The highest BCUT2D eigenvalue weighted by Gasteiger charge is 2.17. The first-order chi connectivity index (χ1) is 6.50. The summed E-state index contributed by atoms with van der Waals surface area (Å²) in [6.07, 6.45) is -1.59. The van der Waals surface area contributed by atoms with Gasteiger partial charge in [0.2, 0.25) is 0 Å². The van der Waals surface area contributed by atoms with E-state index in [2.05, 4.69) is 5.10 Å². The van der Waals surface area contributed by atoms with E-state index in [1.54, 1.807) is 0 Å². The van der Waals surface area contributed by atoms with E-state index in [0.717, 1.165) is 10.9 Å². The third kappa shape index (κ3) is 3.06. The SMILES string of the molecule is FC(F)Cn1ncc(Cl)c1SC(F)F. The van der Waals surface area contributed by atoms with Crippen molar-refractivity contribution in [2.24, 2.45) is 0 Å². The quantitative estimate of drug-likeness (QED) is 0.602. The molecule has 1 heterocycles. The van der Waals surface area contributed by atoms with Crippen molar-refractivity contribution < 1.29 is 17.6 Å². The third-order valence-corrected chi connectivity index (χ3v) is 2.48. The van der Waals surface area contributed by atoms with Crippen LogP contribution in [0.15, 0.2) is 11.2 Å². The van der Waals surface area contributed by atoms with Gasteiger partial charge in [-0.3, -0.25) is 4.68 Å². The molecule has 0 radical (unpaired) electrons. The van der Waals surface area contributed by atoms with Crippen molar-refractivity contribution in [1.29, 1.82) is 0 Å². The van der Waals surface area contributed by atoms with E-state index in [-0.39, 0.29) is 21.8 Å². The van der Waals surface area contributed by atoms with Gasteiger partial charge in [-0.2, -0.15) is 13.9 Å². The fourth-order valence-corrected chi connectivity index (χ4v) is 1.67. The van der Waals surface area contributed by atoms with Crippen LogP contribution < -0.4 is 0 Å². The molecule has 0 fully saturated rings. The Balaban J connectivity index is 2.82. The smallest absolute Gasteiger partial charge is 0.252 e. The van der Waals surface area contributed by atoms with Crippen LogP contribution >= 0.6 is 23.4 Å². The molecule has 0 saturated heterocycles. The van der Waals surface area contributed by atoms with Crippen LogP contribution in [0.1, 0.15) is 0 Å². The topological polar surface area (TPSA) is 17.8 Å². The second kappa shape index (κ2) is 4.88. The normalized spacial score (nSPS) is 11.6. The number of aromatic nitrogens is 2. The summed E-state index contributed by atoms with van der Waals surface area (Å²) >= 11 is 5.59. The number of hydrogen-bond donors (Lipinski definition) is 0. The molecule has 80 valence electrons. The van der Waals surface area contributed by atoms with E-state index in [0.29, 0.717) is 0 Å². The van der Waals surface area contributed by atoms with Crippen molar-refractivity contribution in [3.8, 4) is 0 Å². The average Bonchev–Trinajstić information content (AvgIpc) is 2.34. The van der Waals surface area contributed by atoms with Gasteiger partial charge in [0.1, 0.15) is 11.6 Å². The second-order valence-electron chi connectivity index (χ2n) is 2.25. The minimum absolute atomic E-state index is 0.0454. The highest BCUT2D eigenvalue weighted by Crippen LogP contribution is 2.31. The molecule has 2 nitrogen and oxygen atoms in total. The van der Waals surface area contributed by atoms with Gasteiger partial charge in [-0.05, 0) is 11.8 Å². The molecule has 14 heavy (non-hydrogen) atoms. The number of hydrogen-bond acceptors (Lipinski definition) is 2. The standard InChI is InChI=1S/C6H5ClF4N2S/c7-3-1-12-13(2-4(8)9)5(3)14-6(10)11/h1,4,6H,2H2. The van der Waals surface area contributed by atoms with Crippen LogP contribution in [0.25, 0.3) is 0 Å². The highest BCUT2D eigenvalue weighted by atomic mass is 35.5. The molecule has 0 spiro atoms. The van der Waals surface area contributed by atoms with Crippen LogP contribution in [0, 0.1) is 0 Å². The lowest BCUT2D eigenvalue weighted by atomic mass is 10.6. The van der Waals surface area contributed by atoms with Gasteiger partial charge in [0.25, 0.3) is 12.2 Å². The van der Waals surface area contributed by atoms with Gasteiger partial charge in [0.15, 0.2) is 0 Å². The van der Waals surface area contributed by atoms with E-state index in [1.807, 2.05) is 0 Å². The molecule has 0 saturated carbocycles.